The van der Waals surface area contributed by atoms with Gasteiger partial charge in [0, 0.05) is 19.3 Å². The highest BCUT2D eigenvalue weighted by Gasteiger charge is 2.48. The number of pyridine rings is 1. The first-order chi connectivity index (χ1) is 15.2. The number of carbonyl (C=O) groups is 1. The maximum absolute atomic E-state index is 14.9. The molecule has 0 saturated carbocycles. The van der Waals surface area contributed by atoms with Crippen LogP contribution < -0.4 is 15.4 Å². The zero-order chi connectivity index (χ0) is 23.0. The van der Waals surface area contributed by atoms with Crippen molar-refractivity contribution in [2.75, 3.05) is 36.1 Å². The first kappa shape index (κ1) is 22.2. The highest BCUT2D eigenvalue weighted by molar-refractivity contribution is 5.97. The van der Waals surface area contributed by atoms with Crippen molar-refractivity contribution < 1.29 is 27.1 Å². The van der Waals surface area contributed by atoms with Crippen LogP contribution in [0.1, 0.15) is 23.8 Å². The number of Topliss-reactive ketones (excluding diaryl/α,β-unsaturated/α-hetero) is 1. The molecule has 32 heavy (non-hydrogen) atoms. The van der Waals surface area contributed by atoms with Crippen LogP contribution in [0.3, 0.4) is 0 Å². The normalized spacial score (nSPS) is 21.4. The van der Waals surface area contributed by atoms with E-state index in [4.69, 9.17) is 4.74 Å². The largest absolute Gasteiger partial charge is 0.408 e. The number of rotatable bonds is 4. The van der Waals surface area contributed by atoms with E-state index in [1.807, 2.05) is 0 Å². The fraction of sp³-hybridized carbons (Fsp3) is 0.500. The van der Waals surface area contributed by atoms with Gasteiger partial charge in [0.05, 0.1) is 25.8 Å². The number of fused-ring (bicyclic) bond motifs is 1. The third kappa shape index (κ3) is 4.06. The minimum atomic E-state index is -4.69. The molecule has 0 aliphatic carbocycles. The van der Waals surface area contributed by atoms with Crippen molar-refractivity contribution in [1.82, 2.24) is 14.5 Å². The predicted molar refractivity (Wildman–Crippen MR) is 106 cm³/mol. The van der Waals surface area contributed by atoms with Gasteiger partial charge >= 0.3 is 6.18 Å². The summed E-state index contributed by atoms with van der Waals surface area (Å²) in [7, 11) is 0. The van der Waals surface area contributed by atoms with E-state index in [1.165, 1.54) is 17.2 Å². The molecule has 0 aromatic carbocycles. The van der Waals surface area contributed by atoms with Crippen LogP contribution in [0.2, 0.25) is 0 Å². The summed E-state index contributed by atoms with van der Waals surface area (Å²) in [6.07, 6.45) is -3.84. The van der Waals surface area contributed by atoms with Crippen LogP contribution in [0, 0.1) is 5.82 Å². The maximum Gasteiger partial charge on any atom is 0.408 e. The molecule has 4 heterocycles. The van der Waals surface area contributed by atoms with Gasteiger partial charge in [-0.25, -0.2) is 0 Å². The molecule has 8 nitrogen and oxygen atoms in total. The number of hydrogen-bond donors (Lipinski definition) is 0. The average molecular weight is 455 g/mol. The van der Waals surface area contributed by atoms with Gasteiger partial charge in [-0.15, -0.1) is 0 Å². The van der Waals surface area contributed by atoms with Crippen LogP contribution in [-0.2, 0) is 11.3 Å². The number of hydrogen-bond acceptors (Lipinski definition) is 7. The molecule has 1 saturated heterocycles. The van der Waals surface area contributed by atoms with Gasteiger partial charge in [-0.05, 0) is 25.5 Å². The Hall–Kier alpha value is -3.02. The monoisotopic (exact) mass is 455 g/mol. The number of anilines is 2. The molecule has 2 atom stereocenters. The van der Waals surface area contributed by atoms with E-state index in [9.17, 15) is 27.2 Å². The number of nitrogens with zero attached hydrogens (tertiary/aromatic N) is 5. The lowest BCUT2D eigenvalue weighted by atomic mass is 10.1. The fourth-order valence-corrected chi connectivity index (χ4v) is 3.99. The summed E-state index contributed by atoms with van der Waals surface area (Å²) in [5.41, 5.74) is -1.09. The summed E-state index contributed by atoms with van der Waals surface area (Å²) in [5.74, 6) is -2.53. The first-order valence-electron chi connectivity index (χ1n) is 10.1. The topological polar surface area (TPSA) is 80.6 Å². The lowest BCUT2D eigenvalue weighted by molar-refractivity contribution is -0.152. The molecule has 2 aromatic heterocycles. The van der Waals surface area contributed by atoms with Crippen molar-refractivity contribution in [2.24, 2.45) is 0 Å². The molecule has 0 bridgehead atoms. The summed E-state index contributed by atoms with van der Waals surface area (Å²) in [4.78, 5) is 35.7. The van der Waals surface area contributed by atoms with E-state index in [0.717, 1.165) is 9.47 Å². The first-order valence-corrected chi connectivity index (χ1v) is 10.1. The standard InChI is InChI=1S/C20H21F4N5O3/c1-12-11-32-9-8-27(12)17-16(21)18(31)28-7-5-15(20(22,23)24)29(19(28)26-17)10-14(30)13-4-2-3-6-25-13/h2-4,6,12,15H,5,7-11H2,1H3/t12-,15+/m1/s1. The average Bonchev–Trinajstić information content (AvgIpc) is 2.76. The SMILES string of the molecule is C[C@@H]1COCCN1c1nc2n(c(=O)c1F)CC[C@@H](C(F)(F)F)N2CC(=O)c1ccccn1. The second-order valence-corrected chi connectivity index (χ2v) is 7.74. The summed E-state index contributed by atoms with van der Waals surface area (Å²) in [6, 6.07) is 2.12. The van der Waals surface area contributed by atoms with E-state index in [2.05, 4.69) is 9.97 Å². The minimum Gasteiger partial charge on any atom is -0.377 e. The van der Waals surface area contributed by atoms with Crippen LogP contribution in [0.15, 0.2) is 29.2 Å². The second-order valence-electron chi connectivity index (χ2n) is 7.74. The third-order valence-electron chi connectivity index (χ3n) is 5.62. The Bertz CT molecular complexity index is 1060. The number of aromatic nitrogens is 3. The maximum atomic E-state index is 14.9. The van der Waals surface area contributed by atoms with Crippen LogP contribution in [0.5, 0.6) is 0 Å². The van der Waals surface area contributed by atoms with Gasteiger partial charge < -0.3 is 14.5 Å². The van der Waals surface area contributed by atoms with Gasteiger partial charge in [0.2, 0.25) is 11.8 Å². The molecule has 2 aliphatic heterocycles. The Balaban J connectivity index is 1.80. The summed E-state index contributed by atoms with van der Waals surface area (Å²) >= 11 is 0. The van der Waals surface area contributed by atoms with Crippen molar-refractivity contribution in [3.8, 4) is 0 Å². The molecule has 1 fully saturated rings. The molecule has 0 N–H and O–H groups in total. The summed E-state index contributed by atoms with van der Waals surface area (Å²) in [6.45, 7) is 1.40. The van der Waals surface area contributed by atoms with E-state index in [0.29, 0.717) is 0 Å². The molecular formula is C20H21F4N5O3. The number of carbonyl (C=O) groups excluding carboxylic acids is 1. The molecular weight excluding hydrogens is 434 g/mol. The zero-order valence-corrected chi connectivity index (χ0v) is 17.2. The summed E-state index contributed by atoms with van der Waals surface area (Å²) in [5, 5.41) is 0. The van der Waals surface area contributed by atoms with Crippen molar-refractivity contribution in [3.63, 3.8) is 0 Å². The third-order valence-corrected chi connectivity index (χ3v) is 5.62. The van der Waals surface area contributed by atoms with Crippen LogP contribution >= 0.6 is 0 Å². The Kier molecular flexibility index (Phi) is 5.89. The Morgan fingerprint density at radius 2 is 2.06 bits per heavy atom. The van der Waals surface area contributed by atoms with Crippen LogP contribution in [-0.4, -0.2) is 64.9 Å². The molecule has 0 unspecified atom stereocenters. The minimum absolute atomic E-state index is 0.0166. The molecule has 0 amide bonds. The van der Waals surface area contributed by atoms with Crippen molar-refractivity contribution in [2.45, 2.75) is 38.1 Å². The predicted octanol–water partition coefficient (Wildman–Crippen LogP) is 2.03. The number of halogens is 4. The van der Waals surface area contributed by atoms with Gasteiger partial charge in [0.25, 0.3) is 5.56 Å². The van der Waals surface area contributed by atoms with Crippen LogP contribution in [0.25, 0.3) is 0 Å². The lowest BCUT2D eigenvalue weighted by Crippen LogP contribution is -2.55. The number of morpholine rings is 1. The molecule has 0 spiro atoms. The Morgan fingerprint density at radius 1 is 1.28 bits per heavy atom. The van der Waals surface area contributed by atoms with E-state index in [1.54, 1.807) is 19.1 Å². The zero-order valence-electron chi connectivity index (χ0n) is 17.2. The van der Waals surface area contributed by atoms with Crippen molar-refractivity contribution >= 4 is 17.5 Å². The van der Waals surface area contributed by atoms with E-state index in [-0.39, 0.29) is 49.8 Å². The Morgan fingerprint density at radius 3 is 2.72 bits per heavy atom. The Labute approximate surface area is 180 Å². The molecule has 4 rings (SSSR count). The van der Waals surface area contributed by atoms with Crippen LogP contribution in [0.4, 0.5) is 29.3 Å². The van der Waals surface area contributed by atoms with Gasteiger partial charge in [-0.3, -0.25) is 19.1 Å². The number of alkyl halides is 3. The molecule has 2 aromatic rings. The van der Waals surface area contributed by atoms with Gasteiger partial charge in [-0.1, -0.05) is 6.07 Å². The highest BCUT2D eigenvalue weighted by atomic mass is 19.4. The van der Waals surface area contributed by atoms with Gasteiger partial charge in [0.15, 0.2) is 11.6 Å². The second kappa shape index (κ2) is 8.49. The molecule has 2 aliphatic rings. The molecule has 172 valence electrons. The van der Waals surface area contributed by atoms with Crippen molar-refractivity contribution in [1.29, 1.82) is 0 Å². The molecule has 12 heteroatoms. The van der Waals surface area contributed by atoms with Crippen molar-refractivity contribution in [3.05, 3.63) is 46.3 Å². The quantitative estimate of drug-likeness (QED) is 0.516. The van der Waals surface area contributed by atoms with E-state index < -0.39 is 42.3 Å². The number of ketones is 1. The van der Waals surface area contributed by atoms with Gasteiger partial charge in [0.1, 0.15) is 11.7 Å². The van der Waals surface area contributed by atoms with Gasteiger partial charge in [-0.2, -0.15) is 22.5 Å². The smallest absolute Gasteiger partial charge is 0.377 e. The lowest BCUT2D eigenvalue weighted by Gasteiger charge is -2.40. The summed E-state index contributed by atoms with van der Waals surface area (Å²) < 4.78 is 62.7. The number of ether oxygens (including phenoxy) is 1. The van der Waals surface area contributed by atoms with E-state index >= 15 is 0 Å². The molecule has 0 radical (unpaired) electrons. The highest BCUT2D eigenvalue weighted by Crippen LogP contribution is 2.35. The fourth-order valence-electron chi connectivity index (χ4n) is 3.99.